The molecule has 0 aromatic heterocycles. The summed E-state index contributed by atoms with van der Waals surface area (Å²) in [6.45, 7) is 1.57. The number of carbonyl (C=O) groups is 1. The molecule has 0 saturated carbocycles. The predicted octanol–water partition coefficient (Wildman–Crippen LogP) is 1.86. The molecule has 0 amide bonds. The van der Waals surface area contributed by atoms with Crippen LogP contribution < -0.4 is 5.84 Å². The van der Waals surface area contributed by atoms with Gasteiger partial charge in [0.05, 0.1) is 0 Å². The van der Waals surface area contributed by atoms with Gasteiger partial charge in [-0.1, -0.05) is 11.6 Å². The number of hydrogen-bond donors (Lipinski definition) is 1. The van der Waals surface area contributed by atoms with E-state index in [0.29, 0.717) is 10.6 Å². The molecule has 0 aliphatic heterocycles. The zero-order valence-electron chi connectivity index (χ0n) is 7.12. The average Bonchev–Trinajstić information content (AvgIpc) is 2.17. The Morgan fingerprint density at radius 2 is 1.92 bits per heavy atom. The number of carbonyl (C=O) groups excluding carboxylic acids is 1. The maximum Gasteiger partial charge on any atom is 0.208 e. The van der Waals surface area contributed by atoms with Crippen molar-refractivity contribution in [1.29, 1.82) is 0 Å². The molecule has 3 nitrogen and oxygen atoms in total. The third-order valence-corrected chi connectivity index (χ3v) is 1.88. The Kier molecular flexibility index (Phi) is 3.03. The van der Waals surface area contributed by atoms with Crippen LogP contribution in [0.3, 0.4) is 0 Å². The Balaban J connectivity index is 2.97. The minimum Gasteiger partial charge on any atom is -0.323 e. The number of nitrogens with two attached hydrogens (primary N) is 1. The third-order valence-electron chi connectivity index (χ3n) is 1.63. The van der Waals surface area contributed by atoms with Gasteiger partial charge >= 0.3 is 0 Å². The zero-order chi connectivity index (χ0) is 9.84. The summed E-state index contributed by atoms with van der Waals surface area (Å²) >= 11 is 5.66. The quantitative estimate of drug-likeness (QED) is 0.340. The molecular formula is C9H9ClN2O. The SMILES string of the molecule is CC(=NN)C(=O)c1ccc(Cl)cc1. The summed E-state index contributed by atoms with van der Waals surface area (Å²) in [4.78, 5) is 11.4. The molecule has 4 heteroatoms. The van der Waals surface area contributed by atoms with Crippen LogP contribution in [0.5, 0.6) is 0 Å². The van der Waals surface area contributed by atoms with Gasteiger partial charge in [0.2, 0.25) is 5.78 Å². The van der Waals surface area contributed by atoms with Crippen molar-refractivity contribution in [2.24, 2.45) is 10.9 Å². The molecule has 13 heavy (non-hydrogen) atoms. The predicted molar refractivity (Wildman–Crippen MR) is 53.1 cm³/mol. The van der Waals surface area contributed by atoms with Crippen molar-refractivity contribution in [3.63, 3.8) is 0 Å². The van der Waals surface area contributed by atoms with Gasteiger partial charge in [0.1, 0.15) is 5.71 Å². The molecule has 1 aromatic carbocycles. The molecule has 1 aromatic rings. The van der Waals surface area contributed by atoms with E-state index < -0.39 is 0 Å². The molecule has 0 bridgehead atoms. The summed E-state index contributed by atoms with van der Waals surface area (Å²) in [5.74, 6) is 4.80. The first kappa shape index (κ1) is 9.74. The van der Waals surface area contributed by atoms with Crippen LogP contribution in [0.15, 0.2) is 29.4 Å². The first-order valence-electron chi connectivity index (χ1n) is 3.70. The third kappa shape index (κ3) is 2.29. The minimum absolute atomic E-state index is 0.181. The summed E-state index contributed by atoms with van der Waals surface area (Å²) < 4.78 is 0. The number of rotatable bonds is 2. The second-order valence-corrected chi connectivity index (χ2v) is 2.99. The molecule has 0 atom stereocenters. The molecule has 68 valence electrons. The van der Waals surface area contributed by atoms with E-state index in [0.717, 1.165) is 0 Å². The van der Waals surface area contributed by atoms with Gasteiger partial charge in [0.25, 0.3) is 0 Å². The van der Waals surface area contributed by atoms with Crippen molar-refractivity contribution in [3.05, 3.63) is 34.9 Å². The summed E-state index contributed by atoms with van der Waals surface area (Å²) in [7, 11) is 0. The van der Waals surface area contributed by atoms with Crippen molar-refractivity contribution in [1.82, 2.24) is 0 Å². The molecule has 0 spiro atoms. The molecule has 2 N–H and O–H groups in total. The smallest absolute Gasteiger partial charge is 0.208 e. The first-order valence-corrected chi connectivity index (χ1v) is 4.07. The van der Waals surface area contributed by atoms with E-state index in [-0.39, 0.29) is 11.5 Å². The van der Waals surface area contributed by atoms with Crippen molar-refractivity contribution < 1.29 is 4.79 Å². The Bertz CT molecular complexity index is 343. The lowest BCUT2D eigenvalue weighted by atomic mass is 10.1. The standard InChI is InChI=1S/C9H9ClN2O/c1-6(12-11)9(13)7-2-4-8(10)5-3-7/h2-5H,11H2,1H3. The molecule has 0 fully saturated rings. The van der Waals surface area contributed by atoms with Gasteiger partial charge in [-0.15, -0.1) is 0 Å². The Morgan fingerprint density at radius 3 is 2.38 bits per heavy atom. The van der Waals surface area contributed by atoms with Crippen molar-refractivity contribution in [3.8, 4) is 0 Å². The molecule has 0 aliphatic carbocycles. The molecular weight excluding hydrogens is 188 g/mol. The highest BCUT2D eigenvalue weighted by molar-refractivity contribution is 6.45. The fourth-order valence-corrected chi connectivity index (χ4v) is 0.995. The molecule has 0 radical (unpaired) electrons. The maximum absolute atomic E-state index is 11.4. The van der Waals surface area contributed by atoms with Gasteiger partial charge in [0.15, 0.2) is 0 Å². The maximum atomic E-state index is 11.4. The fourth-order valence-electron chi connectivity index (χ4n) is 0.869. The van der Waals surface area contributed by atoms with Crippen molar-refractivity contribution in [2.45, 2.75) is 6.92 Å². The van der Waals surface area contributed by atoms with E-state index in [9.17, 15) is 4.79 Å². The monoisotopic (exact) mass is 196 g/mol. The molecule has 1 rings (SSSR count). The minimum atomic E-state index is -0.181. The summed E-state index contributed by atoms with van der Waals surface area (Å²) in [5.41, 5.74) is 0.818. The number of halogens is 1. The molecule has 0 unspecified atom stereocenters. The van der Waals surface area contributed by atoms with Crippen LogP contribution in [0.25, 0.3) is 0 Å². The largest absolute Gasteiger partial charge is 0.323 e. The van der Waals surface area contributed by atoms with Gasteiger partial charge in [0, 0.05) is 10.6 Å². The van der Waals surface area contributed by atoms with Crippen LogP contribution in [0.2, 0.25) is 5.02 Å². The van der Waals surface area contributed by atoms with Crippen LogP contribution in [0.4, 0.5) is 0 Å². The van der Waals surface area contributed by atoms with E-state index in [4.69, 9.17) is 17.4 Å². The summed E-state index contributed by atoms with van der Waals surface area (Å²) in [5, 5.41) is 3.92. The van der Waals surface area contributed by atoms with Crippen LogP contribution in [-0.4, -0.2) is 11.5 Å². The number of hydrogen-bond acceptors (Lipinski definition) is 3. The van der Waals surface area contributed by atoms with Crippen molar-refractivity contribution >= 4 is 23.1 Å². The second kappa shape index (κ2) is 4.05. The number of ketones is 1. The van der Waals surface area contributed by atoms with E-state index >= 15 is 0 Å². The van der Waals surface area contributed by atoms with Gasteiger partial charge in [-0.2, -0.15) is 5.10 Å². The van der Waals surface area contributed by atoms with Gasteiger partial charge in [-0.25, -0.2) is 0 Å². The van der Waals surface area contributed by atoms with E-state index in [1.165, 1.54) is 0 Å². The van der Waals surface area contributed by atoms with Crippen molar-refractivity contribution in [2.75, 3.05) is 0 Å². The molecule has 0 aliphatic rings. The highest BCUT2D eigenvalue weighted by Crippen LogP contribution is 2.10. The Labute approximate surface area is 81.2 Å². The lowest BCUT2D eigenvalue weighted by molar-refractivity contribution is 0.106. The average molecular weight is 197 g/mol. The number of hydrazone groups is 1. The molecule has 0 saturated heterocycles. The topological polar surface area (TPSA) is 55.4 Å². The fraction of sp³-hybridized carbons (Fsp3) is 0.111. The second-order valence-electron chi connectivity index (χ2n) is 2.55. The number of nitrogens with zero attached hydrogens (tertiary/aromatic N) is 1. The van der Waals surface area contributed by atoms with Gasteiger partial charge in [-0.3, -0.25) is 4.79 Å². The molecule has 0 heterocycles. The summed E-state index contributed by atoms with van der Waals surface area (Å²) in [6, 6.07) is 6.58. The van der Waals surface area contributed by atoms with Crippen LogP contribution in [0, 0.1) is 0 Å². The lowest BCUT2D eigenvalue weighted by Crippen LogP contribution is -2.12. The number of Topliss-reactive ketones (excluding diaryl/α,β-unsaturated/α-hetero) is 1. The summed E-state index contributed by atoms with van der Waals surface area (Å²) in [6.07, 6.45) is 0. The van der Waals surface area contributed by atoms with Crippen LogP contribution in [0.1, 0.15) is 17.3 Å². The van der Waals surface area contributed by atoms with E-state index in [1.807, 2.05) is 0 Å². The van der Waals surface area contributed by atoms with Crippen LogP contribution in [-0.2, 0) is 0 Å². The normalized spacial score (nSPS) is 11.4. The number of benzene rings is 1. The highest BCUT2D eigenvalue weighted by atomic mass is 35.5. The Morgan fingerprint density at radius 1 is 1.38 bits per heavy atom. The zero-order valence-corrected chi connectivity index (χ0v) is 7.88. The highest BCUT2D eigenvalue weighted by Gasteiger charge is 2.08. The van der Waals surface area contributed by atoms with E-state index in [2.05, 4.69) is 5.10 Å². The van der Waals surface area contributed by atoms with Gasteiger partial charge in [-0.05, 0) is 31.2 Å². The Hall–Kier alpha value is -1.35. The van der Waals surface area contributed by atoms with E-state index in [1.54, 1.807) is 31.2 Å². The van der Waals surface area contributed by atoms with Gasteiger partial charge < -0.3 is 5.84 Å². The first-order chi connectivity index (χ1) is 6.15. The van der Waals surface area contributed by atoms with Crippen LogP contribution >= 0.6 is 11.6 Å². The lowest BCUT2D eigenvalue weighted by Gasteiger charge is -1.98.